The van der Waals surface area contributed by atoms with Crippen LogP contribution in [-0.2, 0) is 14.8 Å². The maximum Gasteiger partial charge on any atom is 0.252 e. The van der Waals surface area contributed by atoms with Gasteiger partial charge in [-0.1, -0.05) is 48.5 Å². The third-order valence-corrected chi connectivity index (χ3v) is 5.43. The van der Waals surface area contributed by atoms with Crippen molar-refractivity contribution in [3.63, 3.8) is 0 Å². The van der Waals surface area contributed by atoms with E-state index in [1.807, 2.05) is 0 Å². The number of rotatable bonds is 6. The summed E-state index contributed by atoms with van der Waals surface area (Å²) in [5, 5.41) is 8.00. The predicted octanol–water partition coefficient (Wildman–Crippen LogP) is 2.33. The van der Waals surface area contributed by atoms with Crippen molar-refractivity contribution < 1.29 is 18.0 Å². The van der Waals surface area contributed by atoms with E-state index in [0.29, 0.717) is 16.8 Å². The van der Waals surface area contributed by atoms with Crippen molar-refractivity contribution in [1.82, 2.24) is 0 Å². The van der Waals surface area contributed by atoms with Gasteiger partial charge in [0.05, 0.1) is 11.3 Å². The van der Waals surface area contributed by atoms with E-state index < -0.39 is 32.3 Å². The molecule has 0 aliphatic carbocycles. The quantitative estimate of drug-likeness (QED) is 0.344. The molecule has 0 spiro atoms. The molecule has 8 nitrogen and oxygen atoms in total. The molecule has 0 saturated heterocycles. The van der Waals surface area contributed by atoms with Gasteiger partial charge in [-0.2, -0.15) is 0 Å². The fourth-order valence-corrected chi connectivity index (χ4v) is 4.05. The normalized spacial score (nSPS) is 11.4. The first kappa shape index (κ1) is 21.8. The van der Waals surface area contributed by atoms with E-state index in [1.54, 1.807) is 60.7 Å². The number of hydrogen-bond donors (Lipinski definition) is 4. The Bertz CT molecular complexity index is 1270. The van der Waals surface area contributed by atoms with Crippen LogP contribution in [-0.4, -0.2) is 20.2 Å². The van der Waals surface area contributed by atoms with Gasteiger partial charge in [-0.05, 0) is 35.4 Å². The summed E-state index contributed by atoms with van der Waals surface area (Å²) in [7, 11) is -4.40. The van der Waals surface area contributed by atoms with Crippen molar-refractivity contribution in [3.8, 4) is 11.1 Å². The molecule has 3 rings (SSSR count). The molecule has 7 N–H and O–H groups in total. The molecule has 0 unspecified atom stereocenters. The summed E-state index contributed by atoms with van der Waals surface area (Å²) in [4.78, 5) is 23.9. The van der Waals surface area contributed by atoms with Gasteiger partial charge in [0.25, 0.3) is 5.91 Å². The topological polar surface area (TPSA) is 158 Å². The minimum Gasteiger partial charge on any atom is -0.398 e. The van der Waals surface area contributed by atoms with E-state index in [4.69, 9.17) is 16.6 Å². The number of primary amides is 1. The van der Waals surface area contributed by atoms with Gasteiger partial charge in [0, 0.05) is 17.3 Å². The van der Waals surface area contributed by atoms with Crippen molar-refractivity contribution in [2.45, 2.75) is 4.90 Å². The number of amides is 2. The number of primary sulfonamides is 1. The Morgan fingerprint density at radius 2 is 1.52 bits per heavy atom. The molecule has 31 heavy (non-hydrogen) atoms. The van der Waals surface area contributed by atoms with Gasteiger partial charge in [0.1, 0.15) is 4.90 Å². The second kappa shape index (κ2) is 8.82. The van der Waals surface area contributed by atoms with Crippen LogP contribution in [0.4, 0.5) is 11.4 Å². The van der Waals surface area contributed by atoms with E-state index in [9.17, 15) is 18.0 Å². The molecule has 0 aliphatic heterocycles. The molecule has 0 aliphatic rings. The van der Waals surface area contributed by atoms with E-state index in [2.05, 4.69) is 5.32 Å². The number of nitrogens with one attached hydrogen (secondary N) is 1. The molecule has 0 radical (unpaired) electrons. The summed E-state index contributed by atoms with van der Waals surface area (Å²) in [6.45, 7) is 0. The van der Waals surface area contributed by atoms with E-state index in [0.717, 1.165) is 6.08 Å². The third-order valence-electron chi connectivity index (χ3n) is 4.42. The lowest BCUT2D eigenvalue weighted by Crippen LogP contribution is -2.24. The first-order valence-electron chi connectivity index (χ1n) is 9.07. The minimum absolute atomic E-state index is 0.00700. The summed E-state index contributed by atoms with van der Waals surface area (Å²) < 4.78 is 24.6. The van der Waals surface area contributed by atoms with Crippen LogP contribution in [0.3, 0.4) is 0 Å². The maximum atomic E-state index is 12.3. The average molecular weight is 436 g/mol. The molecule has 0 heterocycles. The van der Waals surface area contributed by atoms with E-state index in [-0.39, 0.29) is 11.3 Å². The lowest BCUT2D eigenvalue weighted by Gasteiger charge is -2.16. The minimum atomic E-state index is -4.40. The van der Waals surface area contributed by atoms with Crippen LogP contribution in [0.5, 0.6) is 0 Å². The predicted molar refractivity (Wildman–Crippen MR) is 120 cm³/mol. The molecule has 0 atom stereocenters. The number of para-hydroxylation sites is 1. The van der Waals surface area contributed by atoms with Crippen LogP contribution in [0.1, 0.15) is 15.9 Å². The molecule has 0 aromatic heterocycles. The standard InChI is InChI=1S/C22H20N4O4S/c23-20-17(14-7-3-1-4-8-14)13-15(21(31(25,29)30)19(20)22(24)28)11-12-18(27)26-16-9-5-2-6-10-16/h1-13H,23H2,(H2,24,28)(H,26,27)(H2,25,29,30). The maximum absolute atomic E-state index is 12.3. The summed E-state index contributed by atoms with van der Waals surface area (Å²) >= 11 is 0. The molecule has 9 heteroatoms. The number of carbonyl (C=O) groups is 2. The lowest BCUT2D eigenvalue weighted by atomic mass is 9.96. The number of sulfonamides is 1. The molecule has 3 aromatic rings. The Labute approximate surface area is 179 Å². The molecule has 0 bridgehead atoms. The van der Waals surface area contributed by atoms with Crippen LogP contribution in [0.2, 0.25) is 0 Å². The number of carbonyl (C=O) groups excluding carboxylic acids is 2. The highest BCUT2D eigenvalue weighted by atomic mass is 32.2. The highest BCUT2D eigenvalue weighted by Crippen LogP contribution is 2.35. The summed E-state index contributed by atoms with van der Waals surface area (Å²) in [5.41, 5.74) is 12.6. The van der Waals surface area contributed by atoms with Gasteiger partial charge in [-0.3, -0.25) is 9.59 Å². The smallest absolute Gasteiger partial charge is 0.252 e. The zero-order valence-electron chi connectivity index (χ0n) is 16.3. The highest BCUT2D eigenvalue weighted by Gasteiger charge is 2.26. The average Bonchev–Trinajstić information content (AvgIpc) is 2.72. The molecular weight excluding hydrogens is 416 g/mol. The number of nitrogens with two attached hydrogens (primary N) is 3. The van der Waals surface area contributed by atoms with Gasteiger partial charge in [-0.15, -0.1) is 0 Å². The first-order valence-corrected chi connectivity index (χ1v) is 10.6. The first-order chi connectivity index (χ1) is 14.7. The molecule has 2 amide bonds. The van der Waals surface area contributed by atoms with Crippen LogP contribution in [0.15, 0.2) is 77.7 Å². The zero-order chi connectivity index (χ0) is 22.6. The van der Waals surface area contributed by atoms with E-state index >= 15 is 0 Å². The molecule has 0 fully saturated rings. The van der Waals surface area contributed by atoms with E-state index in [1.165, 1.54) is 12.1 Å². The summed E-state index contributed by atoms with van der Waals surface area (Å²) in [5.74, 6) is -1.56. The molecule has 0 saturated carbocycles. The number of benzene rings is 3. The van der Waals surface area contributed by atoms with Crippen LogP contribution >= 0.6 is 0 Å². The van der Waals surface area contributed by atoms with Gasteiger partial charge in [-0.25, -0.2) is 13.6 Å². The molecule has 3 aromatic carbocycles. The Balaban J connectivity index is 2.16. The SMILES string of the molecule is NC(=O)c1c(N)c(-c2ccccc2)cc(C=CC(=O)Nc2ccccc2)c1S(N)(=O)=O. The summed E-state index contributed by atoms with van der Waals surface area (Å²) in [6.07, 6.45) is 2.38. The molecule has 158 valence electrons. The van der Waals surface area contributed by atoms with Crippen molar-refractivity contribution in [1.29, 1.82) is 0 Å². The Morgan fingerprint density at radius 1 is 0.935 bits per heavy atom. The van der Waals surface area contributed by atoms with Gasteiger partial charge >= 0.3 is 0 Å². The second-order valence-corrected chi connectivity index (χ2v) is 8.09. The largest absolute Gasteiger partial charge is 0.398 e. The third kappa shape index (κ3) is 4.97. The lowest BCUT2D eigenvalue weighted by molar-refractivity contribution is -0.111. The Kier molecular flexibility index (Phi) is 6.19. The van der Waals surface area contributed by atoms with Crippen molar-refractivity contribution in [2.24, 2.45) is 10.9 Å². The number of nitrogen functional groups attached to an aromatic ring is 1. The fourth-order valence-electron chi connectivity index (χ4n) is 3.10. The molecular formula is C22H20N4O4S. The highest BCUT2D eigenvalue weighted by molar-refractivity contribution is 7.89. The van der Waals surface area contributed by atoms with Gasteiger partial charge < -0.3 is 16.8 Å². The number of hydrogen-bond acceptors (Lipinski definition) is 5. The zero-order valence-corrected chi connectivity index (χ0v) is 17.1. The van der Waals surface area contributed by atoms with Crippen molar-refractivity contribution in [3.05, 3.63) is 83.9 Å². The fraction of sp³-hybridized carbons (Fsp3) is 0. The van der Waals surface area contributed by atoms with Gasteiger partial charge in [0.2, 0.25) is 15.9 Å². The van der Waals surface area contributed by atoms with Crippen LogP contribution in [0.25, 0.3) is 17.2 Å². The Hall–Kier alpha value is -3.95. The van der Waals surface area contributed by atoms with Crippen LogP contribution in [0, 0.1) is 0 Å². The van der Waals surface area contributed by atoms with Crippen LogP contribution < -0.4 is 21.9 Å². The summed E-state index contributed by atoms with van der Waals surface area (Å²) in [6, 6.07) is 18.9. The number of anilines is 2. The van der Waals surface area contributed by atoms with Crippen molar-refractivity contribution in [2.75, 3.05) is 11.1 Å². The van der Waals surface area contributed by atoms with Gasteiger partial charge in [0.15, 0.2) is 0 Å². The second-order valence-electron chi connectivity index (χ2n) is 6.60. The Morgan fingerprint density at radius 3 is 2.06 bits per heavy atom. The van der Waals surface area contributed by atoms with Crippen molar-refractivity contribution >= 4 is 39.3 Å². The monoisotopic (exact) mass is 436 g/mol.